The third-order valence-corrected chi connectivity index (χ3v) is 5.36. The van der Waals surface area contributed by atoms with Crippen LogP contribution in [0.25, 0.3) is 0 Å². The monoisotopic (exact) mass is 324 g/mol. The average molecular weight is 324 g/mol. The molecule has 0 radical (unpaired) electrons. The molecule has 1 aliphatic rings. The second-order valence-corrected chi connectivity index (χ2v) is 6.84. The van der Waals surface area contributed by atoms with Crippen LogP contribution in [-0.2, 0) is 10.0 Å². The van der Waals surface area contributed by atoms with Gasteiger partial charge in [0.25, 0.3) is 10.0 Å². The van der Waals surface area contributed by atoms with Gasteiger partial charge in [-0.25, -0.2) is 13.4 Å². The molecule has 1 aliphatic heterocycles. The lowest BCUT2D eigenvalue weighted by Gasteiger charge is -2.29. The van der Waals surface area contributed by atoms with E-state index in [2.05, 4.69) is 4.98 Å². The minimum atomic E-state index is -4.77. The van der Waals surface area contributed by atoms with Crippen LogP contribution in [0.15, 0.2) is 29.4 Å². The molecule has 9 heteroatoms. The quantitative estimate of drug-likeness (QED) is 0.896. The van der Waals surface area contributed by atoms with Gasteiger partial charge < -0.3 is 5.11 Å². The molecule has 0 saturated carbocycles. The summed E-state index contributed by atoms with van der Waals surface area (Å²) in [7, 11) is -3.94. The van der Waals surface area contributed by atoms with Gasteiger partial charge in [0.05, 0.1) is 0 Å². The van der Waals surface area contributed by atoms with Crippen molar-refractivity contribution in [2.75, 3.05) is 13.1 Å². The highest BCUT2D eigenvalue weighted by molar-refractivity contribution is 7.89. The minimum Gasteiger partial charge on any atom is -0.380 e. The predicted molar refractivity (Wildman–Crippen MR) is 67.9 cm³/mol. The van der Waals surface area contributed by atoms with E-state index in [-0.39, 0.29) is 18.0 Å². The van der Waals surface area contributed by atoms with Crippen molar-refractivity contribution in [3.63, 3.8) is 0 Å². The third-order valence-electron chi connectivity index (χ3n) is 3.54. The van der Waals surface area contributed by atoms with Crippen LogP contribution < -0.4 is 0 Å². The van der Waals surface area contributed by atoms with E-state index in [1.54, 1.807) is 6.07 Å². The molecule has 1 unspecified atom stereocenters. The van der Waals surface area contributed by atoms with Gasteiger partial charge in [0.2, 0.25) is 0 Å². The molecule has 2 rings (SSSR count). The summed E-state index contributed by atoms with van der Waals surface area (Å²) in [4.78, 5) is 3.73. The lowest BCUT2D eigenvalue weighted by atomic mass is 9.94. The van der Waals surface area contributed by atoms with Crippen LogP contribution in [0.2, 0.25) is 0 Å². The van der Waals surface area contributed by atoms with E-state index in [1.807, 2.05) is 0 Å². The summed E-state index contributed by atoms with van der Waals surface area (Å²) in [5, 5.41) is 9.47. The Morgan fingerprint density at radius 3 is 2.52 bits per heavy atom. The van der Waals surface area contributed by atoms with Crippen molar-refractivity contribution in [3.8, 4) is 0 Å². The summed E-state index contributed by atoms with van der Waals surface area (Å²) in [5.41, 5.74) is -2.83. The fourth-order valence-electron chi connectivity index (χ4n) is 2.25. The predicted octanol–water partition coefficient (Wildman–Crippen LogP) is 1.55. The largest absolute Gasteiger partial charge is 0.417 e. The van der Waals surface area contributed by atoms with E-state index in [9.17, 15) is 26.7 Å². The molecule has 1 saturated heterocycles. The lowest BCUT2D eigenvalue weighted by Crippen LogP contribution is -2.46. The standard InChI is InChI=1S/C12H15F3N2O3S/c13-12(14,15)11(18)5-3-8-17(9-6-11)21(19,20)10-4-1-2-7-16-10/h1-2,4,7,18H,3,5-6,8-9H2. The molecule has 21 heavy (non-hydrogen) atoms. The number of hydrogen-bond donors (Lipinski definition) is 1. The lowest BCUT2D eigenvalue weighted by molar-refractivity contribution is -0.263. The Morgan fingerprint density at radius 2 is 1.95 bits per heavy atom. The number of aliphatic hydroxyl groups is 1. The highest BCUT2D eigenvalue weighted by atomic mass is 32.2. The zero-order chi connectivity index (χ0) is 15.7. The summed E-state index contributed by atoms with van der Waals surface area (Å²) >= 11 is 0. The Balaban J connectivity index is 2.21. The number of pyridine rings is 1. The number of nitrogens with zero attached hydrogens (tertiary/aromatic N) is 2. The molecule has 5 nitrogen and oxygen atoms in total. The molecule has 1 fully saturated rings. The Bertz CT molecular complexity index is 592. The SMILES string of the molecule is O=S(=O)(c1ccccn1)N1CCCC(O)(C(F)(F)F)CC1. The molecule has 0 aromatic carbocycles. The summed E-state index contributed by atoms with van der Waals surface area (Å²) in [6.45, 7) is -0.466. The number of sulfonamides is 1. The van der Waals surface area contributed by atoms with Crippen LogP contribution in [0.4, 0.5) is 13.2 Å². The summed E-state index contributed by atoms with van der Waals surface area (Å²) < 4.78 is 64.0. The molecule has 0 aliphatic carbocycles. The van der Waals surface area contributed by atoms with Gasteiger partial charge in [-0.3, -0.25) is 0 Å². The molecule has 1 aromatic rings. The first kappa shape index (κ1) is 16.2. The Hall–Kier alpha value is -1.19. The Morgan fingerprint density at radius 1 is 1.24 bits per heavy atom. The highest BCUT2D eigenvalue weighted by Gasteiger charge is 2.54. The number of halogens is 3. The van der Waals surface area contributed by atoms with Crippen LogP contribution >= 0.6 is 0 Å². The van der Waals surface area contributed by atoms with E-state index in [4.69, 9.17) is 0 Å². The van der Waals surface area contributed by atoms with E-state index >= 15 is 0 Å². The zero-order valence-corrected chi connectivity index (χ0v) is 11.9. The first-order valence-electron chi connectivity index (χ1n) is 6.37. The third kappa shape index (κ3) is 3.19. The molecule has 0 amide bonds. The van der Waals surface area contributed by atoms with Gasteiger partial charge in [-0.1, -0.05) is 6.07 Å². The van der Waals surface area contributed by atoms with Gasteiger partial charge >= 0.3 is 6.18 Å². The van der Waals surface area contributed by atoms with Crippen LogP contribution in [-0.4, -0.2) is 47.7 Å². The zero-order valence-electron chi connectivity index (χ0n) is 11.0. The van der Waals surface area contributed by atoms with Crippen LogP contribution in [0.3, 0.4) is 0 Å². The topological polar surface area (TPSA) is 70.5 Å². The van der Waals surface area contributed by atoms with Crippen molar-refractivity contribution >= 4 is 10.0 Å². The first-order valence-corrected chi connectivity index (χ1v) is 7.81. The average Bonchev–Trinajstić information content (AvgIpc) is 2.62. The maximum Gasteiger partial charge on any atom is 0.417 e. The van der Waals surface area contributed by atoms with Crippen LogP contribution in [0.1, 0.15) is 19.3 Å². The van der Waals surface area contributed by atoms with Crippen molar-refractivity contribution < 1.29 is 26.7 Å². The fourth-order valence-corrected chi connectivity index (χ4v) is 3.66. The van der Waals surface area contributed by atoms with E-state index < -0.39 is 41.2 Å². The smallest absolute Gasteiger partial charge is 0.380 e. The second kappa shape index (κ2) is 5.54. The molecule has 0 bridgehead atoms. The summed E-state index contributed by atoms with van der Waals surface area (Å²) in [5.74, 6) is 0. The normalized spacial score (nSPS) is 25.5. The molecule has 1 aromatic heterocycles. The number of alkyl halides is 3. The van der Waals surface area contributed by atoms with E-state index in [0.29, 0.717) is 0 Å². The van der Waals surface area contributed by atoms with Gasteiger partial charge in [0, 0.05) is 19.3 Å². The Kier molecular flexibility index (Phi) is 4.27. The number of rotatable bonds is 2. The van der Waals surface area contributed by atoms with Crippen LogP contribution in [0.5, 0.6) is 0 Å². The molecule has 118 valence electrons. The fraction of sp³-hybridized carbons (Fsp3) is 0.583. The minimum absolute atomic E-state index is 0.0674. The maximum atomic E-state index is 12.8. The molecular weight excluding hydrogens is 309 g/mol. The molecule has 2 heterocycles. The number of aromatic nitrogens is 1. The van der Waals surface area contributed by atoms with Crippen molar-refractivity contribution in [1.82, 2.24) is 9.29 Å². The maximum absolute atomic E-state index is 12.8. The molecule has 1 N–H and O–H groups in total. The van der Waals surface area contributed by atoms with Gasteiger partial charge in [-0.15, -0.1) is 0 Å². The van der Waals surface area contributed by atoms with Crippen molar-refractivity contribution in [3.05, 3.63) is 24.4 Å². The van der Waals surface area contributed by atoms with Crippen molar-refractivity contribution in [1.29, 1.82) is 0 Å². The van der Waals surface area contributed by atoms with E-state index in [1.165, 1.54) is 18.3 Å². The van der Waals surface area contributed by atoms with Gasteiger partial charge in [0.1, 0.15) is 0 Å². The summed E-state index contributed by atoms with van der Waals surface area (Å²) in [6.07, 6.45) is -4.72. The Labute approximate surface area is 120 Å². The molecular formula is C12H15F3N2O3S. The van der Waals surface area contributed by atoms with Crippen molar-refractivity contribution in [2.45, 2.75) is 36.1 Å². The molecule has 1 atom stereocenters. The highest BCUT2D eigenvalue weighted by Crippen LogP contribution is 2.38. The van der Waals surface area contributed by atoms with Crippen LogP contribution in [0, 0.1) is 0 Å². The first-order chi connectivity index (χ1) is 9.67. The second-order valence-electron chi connectivity index (χ2n) is 4.95. The molecule has 0 spiro atoms. The van der Waals surface area contributed by atoms with Gasteiger partial charge in [-0.05, 0) is 31.4 Å². The van der Waals surface area contributed by atoms with Gasteiger partial charge in [-0.2, -0.15) is 17.5 Å². The number of hydrogen-bond acceptors (Lipinski definition) is 4. The van der Waals surface area contributed by atoms with Crippen molar-refractivity contribution in [2.24, 2.45) is 0 Å². The van der Waals surface area contributed by atoms with E-state index in [0.717, 1.165) is 4.31 Å². The van der Waals surface area contributed by atoms with Gasteiger partial charge in [0.15, 0.2) is 10.6 Å². The summed E-state index contributed by atoms with van der Waals surface area (Å²) in [6, 6.07) is 4.32.